The molecule has 4 rings (SSSR count). The molecule has 138 valence electrons. The molecule has 0 aromatic heterocycles. The molecule has 0 spiro atoms. The van der Waals surface area contributed by atoms with E-state index in [2.05, 4.69) is 6.58 Å². The van der Waals surface area contributed by atoms with Gasteiger partial charge in [0.2, 0.25) is 12.7 Å². The quantitative estimate of drug-likeness (QED) is 0.784. The zero-order valence-electron chi connectivity index (χ0n) is 14.1. The lowest BCUT2D eigenvalue weighted by Gasteiger charge is -2.25. The number of aliphatic carboxylic acids is 1. The number of rotatable bonds is 5. The first-order valence-corrected chi connectivity index (χ1v) is 8.76. The number of carbonyl (C=O) groups is 2. The predicted molar refractivity (Wildman–Crippen MR) is 93.2 cm³/mol. The number of benzene rings is 1. The van der Waals surface area contributed by atoms with Gasteiger partial charge < -0.3 is 19.5 Å². The molecule has 7 nitrogen and oxygen atoms in total. The normalized spacial score (nSPS) is 27.0. The lowest BCUT2D eigenvalue weighted by molar-refractivity contribution is -0.149. The summed E-state index contributed by atoms with van der Waals surface area (Å²) >= 11 is 6.33. The van der Waals surface area contributed by atoms with Crippen LogP contribution in [0.5, 0.6) is 11.5 Å². The number of hydrogen-bond donors (Lipinski definition) is 1. The standard InChI is InChI=1S/C18H19ClN2O5/c1-2-3-21-9-18(17(23)24)8-20(7-12(18)16(21)22)6-11-4-14-15(5-13(11)19)26-10-25-14/h2,4-5,12H,1,3,6-10H2,(H,23,24)/t12-,18-/m1/s1. The second-order valence-corrected chi connectivity index (χ2v) is 7.40. The fraction of sp³-hybridized carbons (Fsp3) is 0.444. The zero-order chi connectivity index (χ0) is 18.5. The van der Waals surface area contributed by atoms with E-state index < -0.39 is 17.3 Å². The molecule has 1 aromatic rings. The third-order valence-electron chi connectivity index (χ3n) is 5.41. The number of carboxylic acids is 1. The molecular weight excluding hydrogens is 360 g/mol. The van der Waals surface area contributed by atoms with Gasteiger partial charge in [0, 0.05) is 43.8 Å². The summed E-state index contributed by atoms with van der Waals surface area (Å²) in [6, 6.07) is 3.53. The summed E-state index contributed by atoms with van der Waals surface area (Å²) in [6.07, 6.45) is 1.62. The van der Waals surface area contributed by atoms with E-state index in [-0.39, 0.29) is 19.2 Å². The molecule has 3 aliphatic heterocycles. The highest BCUT2D eigenvalue weighted by molar-refractivity contribution is 6.31. The van der Waals surface area contributed by atoms with Gasteiger partial charge >= 0.3 is 5.97 Å². The zero-order valence-corrected chi connectivity index (χ0v) is 14.9. The minimum absolute atomic E-state index is 0.119. The number of halogens is 1. The molecule has 26 heavy (non-hydrogen) atoms. The average molecular weight is 379 g/mol. The van der Waals surface area contributed by atoms with Crippen molar-refractivity contribution in [3.8, 4) is 11.5 Å². The number of fused-ring (bicyclic) bond motifs is 2. The summed E-state index contributed by atoms with van der Waals surface area (Å²) in [5.41, 5.74) is -0.255. The van der Waals surface area contributed by atoms with Gasteiger partial charge in [-0.3, -0.25) is 14.5 Å². The first-order valence-electron chi connectivity index (χ1n) is 8.38. The highest BCUT2D eigenvalue weighted by atomic mass is 35.5. The molecule has 8 heteroatoms. The van der Waals surface area contributed by atoms with Crippen LogP contribution in [0.25, 0.3) is 0 Å². The highest BCUT2D eigenvalue weighted by Crippen LogP contribution is 2.45. The molecule has 0 unspecified atom stereocenters. The Morgan fingerprint density at radius 3 is 2.77 bits per heavy atom. The Labute approximate surface area is 155 Å². The Bertz CT molecular complexity index is 798. The molecule has 2 atom stereocenters. The van der Waals surface area contributed by atoms with Crippen molar-refractivity contribution in [2.75, 3.05) is 33.0 Å². The summed E-state index contributed by atoms with van der Waals surface area (Å²) in [5, 5.41) is 10.4. The van der Waals surface area contributed by atoms with Gasteiger partial charge in [0.25, 0.3) is 0 Å². The second-order valence-electron chi connectivity index (χ2n) is 6.99. The minimum Gasteiger partial charge on any atom is -0.481 e. The van der Waals surface area contributed by atoms with Crippen LogP contribution in [-0.2, 0) is 16.1 Å². The molecule has 1 N–H and O–H groups in total. The maximum Gasteiger partial charge on any atom is 0.313 e. The SMILES string of the molecule is C=CCN1C[C@]2(C(=O)O)CN(Cc3cc4c(cc3Cl)OCO4)C[C@@H]2C1=O. The number of nitrogens with zero attached hydrogens (tertiary/aromatic N) is 2. The fourth-order valence-corrected chi connectivity index (χ4v) is 4.37. The van der Waals surface area contributed by atoms with E-state index in [9.17, 15) is 14.7 Å². The van der Waals surface area contributed by atoms with Crippen molar-refractivity contribution in [3.63, 3.8) is 0 Å². The molecule has 2 fully saturated rings. The largest absolute Gasteiger partial charge is 0.481 e. The Balaban J connectivity index is 1.56. The maximum absolute atomic E-state index is 12.6. The molecule has 3 heterocycles. The third-order valence-corrected chi connectivity index (χ3v) is 5.76. The van der Waals surface area contributed by atoms with Crippen LogP contribution in [0.3, 0.4) is 0 Å². The Kier molecular flexibility index (Phi) is 4.08. The second kappa shape index (κ2) is 6.17. The monoisotopic (exact) mass is 378 g/mol. The molecule has 1 aromatic carbocycles. The van der Waals surface area contributed by atoms with Crippen LogP contribution in [0.1, 0.15) is 5.56 Å². The van der Waals surface area contributed by atoms with Crippen LogP contribution in [-0.4, -0.2) is 59.8 Å². The van der Waals surface area contributed by atoms with Gasteiger partial charge in [-0.1, -0.05) is 17.7 Å². The summed E-state index contributed by atoms with van der Waals surface area (Å²) in [7, 11) is 0. The van der Waals surface area contributed by atoms with Crippen molar-refractivity contribution in [3.05, 3.63) is 35.4 Å². The minimum atomic E-state index is -1.08. The number of amides is 1. The molecule has 3 aliphatic rings. The molecule has 0 saturated carbocycles. The van der Waals surface area contributed by atoms with Crippen molar-refractivity contribution in [1.29, 1.82) is 0 Å². The Morgan fingerprint density at radius 2 is 2.12 bits per heavy atom. The number of likely N-dealkylation sites (tertiary alicyclic amines) is 2. The molecular formula is C18H19ClN2O5. The van der Waals surface area contributed by atoms with Gasteiger partial charge in [0.05, 0.1) is 5.92 Å². The van der Waals surface area contributed by atoms with E-state index in [0.717, 1.165) is 5.56 Å². The van der Waals surface area contributed by atoms with E-state index >= 15 is 0 Å². The topological polar surface area (TPSA) is 79.3 Å². The van der Waals surface area contributed by atoms with E-state index in [1.165, 1.54) is 0 Å². The first kappa shape index (κ1) is 17.2. The number of carboxylic acid groups (broad SMARTS) is 1. The van der Waals surface area contributed by atoms with Crippen molar-refractivity contribution in [2.24, 2.45) is 11.3 Å². The third kappa shape index (κ3) is 2.54. The summed E-state index contributed by atoms with van der Waals surface area (Å²) in [4.78, 5) is 28.2. The first-order chi connectivity index (χ1) is 12.4. The molecule has 2 saturated heterocycles. The van der Waals surface area contributed by atoms with Gasteiger partial charge in [-0.2, -0.15) is 0 Å². The lowest BCUT2D eigenvalue weighted by atomic mass is 9.81. The van der Waals surface area contributed by atoms with Crippen molar-refractivity contribution < 1.29 is 24.2 Å². The van der Waals surface area contributed by atoms with E-state index in [0.29, 0.717) is 42.7 Å². The van der Waals surface area contributed by atoms with Crippen molar-refractivity contribution >= 4 is 23.5 Å². The number of hydrogen-bond acceptors (Lipinski definition) is 5. The van der Waals surface area contributed by atoms with Gasteiger partial charge in [-0.05, 0) is 11.6 Å². The van der Waals surface area contributed by atoms with Gasteiger partial charge in [-0.25, -0.2) is 0 Å². The smallest absolute Gasteiger partial charge is 0.313 e. The van der Waals surface area contributed by atoms with E-state index in [1.807, 2.05) is 11.0 Å². The highest BCUT2D eigenvalue weighted by Gasteiger charge is 2.61. The molecule has 1 amide bonds. The van der Waals surface area contributed by atoms with Gasteiger partial charge in [0.1, 0.15) is 5.41 Å². The average Bonchev–Trinajstić information content (AvgIpc) is 3.24. The molecule has 0 aliphatic carbocycles. The lowest BCUT2D eigenvalue weighted by Crippen LogP contribution is -2.40. The van der Waals surface area contributed by atoms with E-state index in [4.69, 9.17) is 21.1 Å². The fourth-order valence-electron chi connectivity index (χ4n) is 4.16. The van der Waals surface area contributed by atoms with Gasteiger partial charge in [0.15, 0.2) is 11.5 Å². The molecule has 0 radical (unpaired) electrons. The van der Waals surface area contributed by atoms with E-state index in [1.54, 1.807) is 17.0 Å². The van der Waals surface area contributed by atoms with Crippen LogP contribution in [0.2, 0.25) is 5.02 Å². The van der Waals surface area contributed by atoms with Crippen molar-refractivity contribution in [1.82, 2.24) is 9.80 Å². The van der Waals surface area contributed by atoms with Crippen LogP contribution < -0.4 is 9.47 Å². The van der Waals surface area contributed by atoms with Crippen LogP contribution in [0.15, 0.2) is 24.8 Å². The number of ether oxygens (including phenoxy) is 2. The summed E-state index contributed by atoms with van der Waals surface area (Å²) in [6.45, 7) is 5.54. The summed E-state index contributed by atoms with van der Waals surface area (Å²) in [5.74, 6) is -0.361. The summed E-state index contributed by atoms with van der Waals surface area (Å²) < 4.78 is 10.7. The Morgan fingerprint density at radius 1 is 1.38 bits per heavy atom. The van der Waals surface area contributed by atoms with Crippen LogP contribution >= 0.6 is 11.6 Å². The maximum atomic E-state index is 12.6. The predicted octanol–water partition coefficient (Wildman–Crippen LogP) is 1.60. The van der Waals surface area contributed by atoms with Crippen LogP contribution in [0.4, 0.5) is 0 Å². The van der Waals surface area contributed by atoms with Gasteiger partial charge in [-0.15, -0.1) is 6.58 Å². The molecule has 0 bridgehead atoms. The number of carbonyl (C=O) groups excluding carboxylic acids is 1. The Hall–Kier alpha value is -2.25. The van der Waals surface area contributed by atoms with Crippen LogP contribution in [0, 0.1) is 11.3 Å². The van der Waals surface area contributed by atoms with Crippen molar-refractivity contribution in [2.45, 2.75) is 6.54 Å².